The van der Waals surface area contributed by atoms with Crippen LogP contribution in [0.3, 0.4) is 0 Å². The van der Waals surface area contributed by atoms with Crippen LogP contribution in [0.5, 0.6) is 0 Å². The summed E-state index contributed by atoms with van der Waals surface area (Å²) in [5.74, 6) is -0.741. The first-order valence-electron chi connectivity index (χ1n) is 7.35. The third-order valence-corrected chi connectivity index (χ3v) is 5.28. The molecule has 1 aromatic heterocycles. The smallest absolute Gasteiger partial charge is 0.306 e. The van der Waals surface area contributed by atoms with Gasteiger partial charge in [0.05, 0.1) is 10.3 Å². The molecule has 0 atom stereocenters. The quantitative estimate of drug-likeness (QED) is 0.749. The van der Waals surface area contributed by atoms with Crippen LogP contribution in [0.15, 0.2) is 12.1 Å². The van der Waals surface area contributed by atoms with Crippen molar-refractivity contribution in [3.05, 3.63) is 21.3 Å². The highest BCUT2D eigenvalue weighted by Gasteiger charge is 2.25. The summed E-state index contributed by atoms with van der Waals surface area (Å²) in [6, 6.07) is 4.58. The van der Waals surface area contributed by atoms with Gasteiger partial charge < -0.3 is 10.4 Å². The summed E-state index contributed by atoms with van der Waals surface area (Å²) in [5, 5.41) is 12.5. The van der Waals surface area contributed by atoms with Gasteiger partial charge in [-0.15, -0.1) is 11.3 Å². The first-order chi connectivity index (χ1) is 9.65. The Morgan fingerprint density at radius 3 is 2.65 bits per heavy atom. The highest BCUT2D eigenvalue weighted by Crippen LogP contribution is 2.25. The minimum atomic E-state index is -0.627. The van der Waals surface area contributed by atoms with Crippen LogP contribution in [0.1, 0.15) is 43.4 Å². The molecule has 0 bridgehead atoms. The molecule has 0 unspecified atom stereocenters. The molecule has 0 aliphatic heterocycles. The standard InChI is InChI=1S/C15H22ClNO2S/c16-14-9-8-13(20-14)3-1-2-10-17-12-6-4-11(5-7-12)15(18)19/h8-9,11-12,17H,1-7,10H2,(H,18,19). The topological polar surface area (TPSA) is 49.3 Å². The molecule has 0 amide bonds. The molecule has 0 radical (unpaired) electrons. The minimum Gasteiger partial charge on any atom is -0.481 e. The molecule has 5 heteroatoms. The average molecular weight is 316 g/mol. The fraction of sp³-hybridized carbons (Fsp3) is 0.667. The Labute approximate surface area is 129 Å². The van der Waals surface area contributed by atoms with Gasteiger partial charge in [-0.05, 0) is 63.6 Å². The third-order valence-electron chi connectivity index (χ3n) is 3.99. The van der Waals surface area contributed by atoms with Gasteiger partial charge >= 0.3 is 5.97 Å². The summed E-state index contributed by atoms with van der Waals surface area (Å²) in [7, 11) is 0. The summed E-state index contributed by atoms with van der Waals surface area (Å²) in [6.45, 7) is 1.03. The molecule has 1 aliphatic carbocycles. The summed E-state index contributed by atoms with van der Waals surface area (Å²) in [4.78, 5) is 12.2. The molecule has 20 heavy (non-hydrogen) atoms. The van der Waals surface area contributed by atoms with E-state index in [1.807, 2.05) is 6.07 Å². The van der Waals surface area contributed by atoms with E-state index in [0.29, 0.717) is 6.04 Å². The van der Waals surface area contributed by atoms with E-state index >= 15 is 0 Å². The first kappa shape index (κ1) is 15.8. The van der Waals surface area contributed by atoms with E-state index in [1.54, 1.807) is 11.3 Å². The number of hydrogen-bond acceptors (Lipinski definition) is 3. The first-order valence-corrected chi connectivity index (χ1v) is 8.55. The molecule has 2 N–H and O–H groups in total. The van der Waals surface area contributed by atoms with Crippen LogP contribution >= 0.6 is 22.9 Å². The molecule has 3 nitrogen and oxygen atoms in total. The maximum Gasteiger partial charge on any atom is 0.306 e. The monoisotopic (exact) mass is 315 g/mol. The zero-order valence-electron chi connectivity index (χ0n) is 11.6. The maximum atomic E-state index is 10.9. The molecule has 2 rings (SSSR count). The number of halogens is 1. The number of carboxylic acid groups (broad SMARTS) is 1. The van der Waals surface area contributed by atoms with Crippen LogP contribution in [0, 0.1) is 5.92 Å². The van der Waals surface area contributed by atoms with E-state index in [9.17, 15) is 4.79 Å². The van der Waals surface area contributed by atoms with Gasteiger partial charge in [0, 0.05) is 10.9 Å². The lowest BCUT2D eigenvalue weighted by Gasteiger charge is -2.26. The van der Waals surface area contributed by atoms with Crippen LogP contribution < -0.4 is 5.32 Å². The Kier molecular flexibility index (Phi) is 6.33. The molecule has 112 valence electrons. The summed E-state index contributed by atoms with van der Waals surface area (Å²) < 4.78 is 0.869. The summed E-state index contributed by atoms with van der Waals surface area (Å²) >= 11 is 7.57. The van der Waals surface area contributed by atoms with Crippen LogP contribution in [0.25, 0.3) is 0 Å². The summed E-state index contributed by atoms with van der Waals surface area (Å²) in [5.41, 5.74) is 0. The maximum absolute atomic E-state index is 10.9. The van der Waals surface area contributed by atoms with E-state index in [1.165, 1.54) is 11.3 Å². The number of aliphatic carboxylic acids is 1. The van der Waals surface area contributed by atoms with Crippen LogP contribution in [-0.2, 0) is 11.2 Å². The van der Waals surface area contributed by atoms with Crippen molar-refractivity contribution >= 4 is 28.9 Å². The van der Waals surface area contributed by atoms with Gasteiger partial charge in [0.15, 0.2) is 0 Å². The van der Waals surface area contributed by atoms with Gasteiger partial charge in [0.1, 0.15) is 0 Å². The SMILES string of the molecule is O=C(O)C1CCC(NCCCCc2ccc(Cl)s2)CC1. The number of aryl methyl sites for hydroxylation is 1. The van der Waals surface area contributed by atoms with Gasteiger partial charge in [-0.2, -0.15) is 0 Å². The fourth-order valence-corrected chi connectivity index (χ4v) is 3.89. The zero-order chi connectivity index (χ0) is 14.4. The number of unbranched alkanes of at least 4 members (excludes halogenated alkanes) is 1. The van der Waals surface area contributed by atoms with Crippen molar-refractivity contribution in [3.8, 4) is 0 Å². The average Bonchev–Trinajstić information content (AvgIpc) is 2.84. The fourth-order valence-electron chi connectivity index (χ4n) is 2.76. The molecule has 1 fully saturated rings. The number of carboxylic acids is 1. The molecule has 1 aromatic rings. The normalized spacial score (nSPS) is 22.9. The highest BCUT2D eigenvalue weighted by molar-refractivity contribution is 7.16. The number of rotatable bonds is 7. The predicted molar refractivity (Wildman–Crippen MR) is 83.7 cm³/mol. The van der Waals surface area contributed by atoms with Gasteiger partial charge in [-0.25, -0.2) is 0 Å². The lowest BCUT2D eigenvalue weighted by atomic mass is 9.86. The second-order valence-electron chi connectivity index (χ2n) is 5.50. The van der Waals surface area contributed by atoms with Crippen LogP contribution in [-0.4, -0.2) is 23.7 Å². The van der Waals surface area contributed by atoms with E-state index in [0.717, 1.165) is 49.4 Å². The van der Waals surface area contributed by atoms with Crippen molar-refractivity contribution < 1.29 is 9.90 Å². The number of hydrogen-bond donors (Lipinski definition) is 2. The van der Waals surface area contributed by atoms with Crippen molar-refractivity contribution in [1.82, 2.24) is 5.32 Å². The van der Waals surface area contributed by atoms with Gasteiger partial charge in [0.2, 0.25) is 0 Å². The van der Waals surface area contributed by atoms with Gasteiger partial charge in [0.25, 0.3) is 0 Å². The van der Waals surface area contributed by atoms with Gasteiger partial charge in [-0.3, -0.25) is 4.79 Å². The Balaban J connectivity index is 1.52. The number of nitrogens with one attached hydrogen (secondary N) is 1. The molecular formula is C15H22ClNO2S. The Bertz CT molecular complexity index is 427. The Morgan fingerprint density at radius 1 is 1.30 bits per heavy atom. The van der Waals surface area contributed by atoms with E-state index < -0.39 is 5.97 Å². The van der Waals surface area contributed by atoms with Crippen molar-refractivity contribution in [2.45, 2.75) is 51.0 Å². The number of carbonyl (C=O) groups is 1. The Hall–Kier alpha value is -0.580. The van der Waals surface area contributed by atoms with Crippen molar-refractivity contribution in [3.63, 3.8) is 0 Å². The highest BCUT2D eigenvalue weighted by atomic mass is 35.5. The zero-order valence-corrected chi connectivity index (χ0v) is 13.2. The molecule has 0 saturated heterocycles. The molecular weight excluding hydrogens is 294 g/mol. The molecule has 0 aromatic carbocycles. The minimum absolute atomic E-state index is 0.114. The van der Waals surface area contributed by atoms with Crippen molar-refractivity contribution in [2.75, 3.05) is 6.54 Å². The lowest BCUT2D eigenvalue weighted by Crippen LogP contribution is -2.35. The van der Waals surface area contributed by atoms with Crippen molar-refractivity contribution in [2.24, 2.45) is 5.92 Å². The van der Waals surface area contributed by atoms with Gasteiger partial charge in [-0.1, -0.05) is 11.6 Å². The second-order valence-corrected chi connectivity index (χ2v) is 7.30. The van der Waals surface area contributed by atoms with Crippen LogP contribution in [0.2, 0.25) is 4.34 Å². The predicted octanol–water partition coefficient (Wildman–Crippen LogP) is 3.96. The Morgan fingerprint density at radius 2 is 2.05 bits per heavy atom. The molecule has 1 aliphatic rings. The van der Waals surface area contributed by atoms with E-state index in [2.05, 4.69) is 11.4 Å². The summed E-state index contributed by atoms with van der Waals surface area (Å²) in [6.07, 6.45) is 7.07. The van der Waals surface area contributed by atoms with Crippen LogP contribution in [0.4, 0.5) is 0 Å². The number of thiophene rings is 1. The molecule has 1 saturated carbocycles. The van der Waals surface area contributed by atoms with Crippen molar-refractivity contribution in [1.29, 1.82) is 0 Å². The van der Waals surface area contributed by atoms with E-state index in [4.69, 9.17) is 16.7 Å². The second kappa shape index (κ2) is 8.01. The lowest BCUT2D eigenvalue weighted by molar-refractivity contribution is -0.142. The molecule has 0 spiro atoms. The largest absolute Gasteiger partial charge is 0.481 e. The third kappa shape index (κ3) is 5.08. The molecule has 1 heterocycles. The van der Waals surface area contributed by atoms with E-state index in [-0.39, 0.29) is 5.92 Å².